The second-order valence-corrected chi connectivity index (χ2v) is 5.60. The van der Waals surface area contributed by atoms with Crippen LogP contribution in [0.2, 0.25) is 0 Å². The fraction of sp³-hybridized carbons (Fsp3) is 0.0625. The summed E-state index contributed by atoms with van der Waals surface area (Å²) in [7, 11) is 0. The number of rotatable bonds is 2. The van der Waals surface area contributed by atoms with E-state index in [2.05, 4.69) is 33.0 Å². The number of nitrogens with zero attached hydrogens (tertiary/aromatic N) is 1. The van der Waals surface area contributed by atoms with E-state index in [1.165, 1.54) is 0 Å². The molecule has 0 atom stereocenters. The molecule has 3 nitrogen and oxygen atoms in total. The molecule has 0 spiro atoms. The van der Waals surface area contributed by atoms with Crippen LogP contribution in [0.3, 0.4) is 0 Å². The normalized spacial score (nSPS) is 10.7. The number of halogens is 1. The van der Waals surface area contributed by atoms with Gasteiger partial charge in [-0.15, -0.1) is 0 Å². The zero-order valence-corrected chi connectivity index (χ0v) is 12.6. The minimum atomic E-state index is 0.755. The summed E-state index contributed by atoms with van der Waals surface area (Å²) in [5.41, 5.74) is 10.6. The lowest BCUT2D eigenvalue weighted by atomic mass is 10.1. The van der Waals surface area contributed by atoms with Crippen molar-refractivity contribution in [1.29, 1.82) is 0 Å². The van der Waals surface area contributed by atoms with Crippen LogP contribution in [0, 0.1) is 6.92 Å². The van der Waals surface area contributed by atoms with Gasteiger partial charge >= 0.3 is 0 Å². The Morgan fingerprint density at radius 3 is 2.20 bits per heavy atom. The van der Waals surface area contributed by atoms with Crippen molar-refractivity contribution < 1.29 is 0 Å². The largest absolute Gasteiger partial charge is 0.399 e. The van der Waals surface area contributed by atoms with Crippen LogP contribution < -0.4 is 5.73 Å². The van der Waals surface area contributed by atoms with Crippen LogP contribution in [0.5, 0.6) is 0 Å². The molecule has 0 fully saturated rings. The molecule has 20 heavy (non-hydrogen) atoms. The number of hydrogen-bond acceptors (Lipinski definition) is 2. The van der Waals surface area contributed by atoms with Crippen molar-refractivity contribution in [3.63, 3.8) is 0 Å². The van der Waals surface area contributed by atoms with Gasteiger partial charge in [0.15, 0.2) is 0 Å². The van der Waals surface area contributed by atoms with Gasteiger partial charge in [0, 0.05) is 27.0 Å². The molecule has 0 aliphatic rings. The summed E-state index contributed by atoms with van der Waals surface area (Å²) >= 11 is 3.45. The summed E-state index contributed by atoms with van der Waals surface area (Å²) in [6.45, 7) is 2.03. The van der Waals surface area contributed by atoms with Gasteiger partial charge in [-0.05, 0) is 43.3 Å². The minimum absolute atomic E-state index is 0.755. The number of aryl methyl sites for hydroxylation is 1. The van der Waals surface area contributed by atoms with Crippen molar-refractivity contribution in [2.75, 3.05) is 5.73 Å². The van der Waals surface area contributed by atoms with Gasteiger partial charge in [0.2, 0.25) is 0 Å². The number of aromatic nitrogens is 2. The maximum Gasteiger partial charge on any atom is 0.138 e. The summed E-state index contributed by atoms with van der Waals surface area (Å²) in [4.78, 5) is 8.03. The molecule has 2 aromatic carbocycles. The lowest BCUT2D eigenvalue weighted by Crippen LogP contribution is -1.85. The van der Waals surface area contributed by atoms with Gasteiger partial charge in [-0.25, -0.2) is 4.98 Å². The Morgan fingerprint density at radius 2 is 1.55 bits per heavy atom. The van der Waals surface area contributed by atoms with Gasteiger partial charge in [0.05, 0.1) is 5.69 Å². The summed E-state index contributed by atoms with van der Waals surface area (Å²) in [5.74, 6) is 0.861. The molecular weight excluding hydrogens is 314 g/mol. The Kier molecular flexibility index (Phi) is 3.32. The van der Waals surface area contributed by atoms with Crippen LogP contribution >= 0.6 is 15.9 Å². The second-order valence-electron chi connectivity index (χ2n) is 4.69. The fourth-order valence-corrected chi connectivity index (χ4v) is 2.39. The molecule has 1 aromatic heterocycles. The molecule has 0 aliphatic heterocycles. The number of hydrogen-bond donors (Lipinski definition) is 2. The third kappa shape index (κ3) is 2.47. The molecule has 0 aliphatic carbocycles. The highest BCUT2D eigenvalue weighted by Crippen LogP contribution is 2.27. The topological polar surface area (TPSA) is 54.7 Å². The third-order valence-corrected chi connectivity index (χ3v) is 3.72. The lowest BCUT2D eigenvalue weighted by molar-refractivity contribution is 1.26. The van der Waals surface area contributed by atoms with Crippen molar-refractivity contribution in [2.24, 2.45) is 0 Å². The smallest absolute Gasteiger partial charge is 0.138 e. The number of benzene rings is 2. The number of H-pyrrole nitrogens is 1. The first-order valence-corrected chi connectivity index (χ1v) is 7.11. The molecule has 0 saturated carbocycles. The van der Waals surface area contributed by atoms with Gasteiger partial charge in [0.25, 0.3) is 0 Å². The predicted octanol–water partition coefficient (Wildman–Crippen LogP) is 4.40. The number of nitrogens with two attached hydrogens (primary N) is 1. The predicted molar refractivity (Wildman–Crippen MR) is 86.3 cm³/mol. The zero-order valence-electron chi connectivity index (χ0n) is 11.0. The number of imidazole rings is 1. The van der Waals surface area contributed by atoms with Gasteiger partial charge in [0.1, 0.15) is 5.82 Å². The van der Waals surface area contributed by atoms with Crippen molar-refractivity contribution in [3.8, 4) is 22.6 Å². The van der Waals surface area contributed by atoms with E-state index in [1.807, 2.05) is 43.3 Å². The number of aromatic amines is 1. The average Bonchev–Trinajstić information content (AvgIpc) is 2.82. The Labute approximate surface area is 126 Å². The maximum atomic E-state index is 5.71. The fourth-order valence-electron chi connectivity index (χ4n) is 2.13. The molecule has 3 N–H and O–H groups in total. The standard InChI is InChI=1S/C16H14BrN3/c1-10-15(11-2-6-13(17)7-3-11)20-16(19-10)12-4-8-14(18)9-5-12/h2-9H,18H2,1H3,(H,19,20). The molecule has 100 valence electrons. The van der Waals surface area contributed by atoms with Crippen molar-refractivity contribution >= 4 is 21.6 Å². The molecular formula is C16H14BrN3. The summed E-state index contributed by atoms with van der Waals surface area (Å²) < 4.78 is 1.06. The Hall–Kier alpha value is -2.07. The molecule has 1 heterocycles. The van der Waals surface area contributed by atoms with E-state index in [1.54, 1.807) is 0 Å². The van der Waals surface area contributed by atoms with Crippen LogP contribution in [-0.4, -0.2) is 9.97 Å². The first kappa shape index (κ1) is 12.9. The first-order chi connectivity index (χ1) is 9.63. The number of nitrogen functional groups attached to an aromatic ring is 1. The average molecular weight is 328 g/mol. The Bertz CT molecular complexity index is 727. The molecule has 4 heteroatoms. The lowest BCUT2D eigenvalue weighted by Gasteiger charge is -1.98. The number of anilines is 1. The van der Waals surface area contributed by atoms with Crippen LogP contribution in [0.1, 0.15) is 5.69 Å². The van der Waals surface area contributed by atoms with Crippen LogP contribution in [0.15, 0.2) is 53.0 Å². The molecule has 0 saturated heterocycles. The van der Waals surface area contributed by atoms with Gasteiger partial charge in [-0.3, -0.25) is 0 Å². The zero-order chi connectivity index (χ0) is 14.1. The van der Waals surface area contributed by atoms with Crippen LogP contribution in [0.4, 0.5) is 5.69 Å². The van der Waals surface area contributed by atoms with E-state index in [0.717, 1.165) is 38.5 Å². The van der Waals surface area contributed by atoms with E-state index in [9.17, 15) is 0 Å². The SMILES string of the molecule is Cc1[nH]c(-c2ccc(N)cc2)nc1-c1ccc(Br)cc1. The molecule has 0 unspecified atom stereocenters. The van der Waals surface area contributed by atoms with E-state index in [-0.39, 0.29) is 0 Å². The van der Waals surface area contributed by atoms with Gasteiger partial charge < -0.3 is 10.7 Å². The summed E-state index contributed by atoms with van der Waals surface area (Å²) in [6.07, 6.45) is 0. The minimum Gasteiger partial charge on any atom is -0.399 e. The first-order valence-electron chi connectivity index (χ1n) is 6.32. The molecule has 3 rings (SSSR count). The maximum absolute atomic E-state index is 5.71. The van der Waals surface area contributed by atoms with Crippen LogP contribution in [0.25, 0.3) is 22.6 Å². The monoisotopic (exact) mass is 327 g/mol. The van der Waals surface area contributed by atoms with Crippen LogP contribution in [-0.2, 0) is 0 Å². The highest BCUT2D eigenvalue weighted by Gasteiger charge is 2.10. The van der Waals surface area contributed by atoms with E-state index < -0.39 is 0 Å². The van der Waals surface area contributed by atoms with Crippen molar-refractivity contribution in [2.45, 2.75) is 6.92 Å². The highest BCUT2D eigenvalue weighted by molar-refractivity contribution is 9.10. The molecule has 0 bridgehead atoms. The molecule has 3 aromatic rings. The van der Waals surface area contributed by atoms with Crippen molar-refractivity contribution in [3.05, 3.63) is 58.7 Å². The third-order valence-electron chi connectivity index (χ3n) is 3.19. The molecule has 0 radical (unpaired) electrons. The second kappa shape index (κ2) is 5.13. The summed E-state index contributed by atoms with van der Waals surface area (Å²) in [6, 6.07) is 15.9. The van der Waals surface area contributed by atoms with E-state index in [0.29, 0.717) is 0 Å². The quantitative estimate of drug-likeness (QED) is 0.685. The highest BCUT2D eigenvalue weighted by atomic mass is 79.9. The van der Waals surface area contributed by atoms with Crippen molar-refractivity contribution in [1.82, 2.24) is 9.97 Å². The van der Waals surface area contributed by atoms with E-state index in [4.69, 9.17) is 10.7 Å². The Morgan fingerprint density at radius 1 is 0.950 bits per heavy atom. The number of nitrogens with one attached hydrogen (secondary N) is 1. The van der Waals surface area contributed by atoms with E-state index >= 15 is 0 Å². The summed E-state index contributed by atoms with van der Waals surface area (Å²) in [5, 5.41) is 0. The Balaban J connectivity index is 2.02. The van der Waals surface area contributed by atoms with Gasteiger partial charge in [-0.1, -0.05) is 28.1 Å². The molecule has 0 amide bonds. The van der Waals surface area contributed by atoms with Gasteiger partial charge in [-0.2, -0.15) is 0 Å².